The van der Waals surface area contributed by atoms with Crippen molar-refractivity contribution in [1.29, 1.82) is 0 Å². The number of ether oxygens (including phenoxy) is 1. The molecule has 2 N–H and O–H groups in total. The first-order valence-corrected chi connectivity index (χ1v) is 7.74. The van der Waals surface area contributed by atoms with E-state index >= 15 is 0 Å². The van der Waals surface area contributed by atoms with Crippen molar-refractivity contribution in [3.05, 3.63) is 40.9 Å². The van der Waals surface area contributed by atoms with Gasteiger partial charge >= 0.3 is 6.03 Å². The van der Waals surface area contributed by atoms with Crippen LogP contribution in [0.4, 0.5) is 9.93 Å². The summed E-state index contributed by atoms with van der Waals surface area (Å²) in [5, 5.41) is 7.73. The van der Waals surface area contributed by atoms with E-state index in [1.54, 1.807) is 0 Å². The monoisotopic (exact) mass is 305 g/mol. The summed E-state index contributed by atoms with van der Waals surface area (Å²) >= 11 is 1.39. The van der Waals surface area contributed by atoms with E-state index in [1.807, 2.05) is 36.6 Å². The fourth-order valence-electron chi connectivity index (χ4n) is 1.78. The molecule has 0 radical (unpaired) electrons. The average Bonchev–Trinajstić information content (AvgIpc) is 2.86. The Bertz CT molecular complexity index is 581. The quantitative estimate of drug-likeness (QED) is 0.802. The van der Waals surface area contributed by atoms with Gasteiger partial charge in [-0.15, -0.1) is 11.3 Å². The molecule has 1 aromatic carbocycles. The van der Waals surface area contributed by atoms with Crippen LogP contribution in [0.1, 0.15) is 24.6 Å². The SMILES string of the molecule is CCCc1ccc(OCNC(=O)Nc2nc(C)cs2)cc1. The number of benzene rings is 1. The molecule has 0 aliphatic rings. The molecule has 0 aliphatic carbocycles. The summed E-state index contributed by atoms with van der Waals surface area (Å²) < 4.78 is 5.46. The molecule has 0 aliphatic heterocycles. The molecule has 112 valence electrons. The third-order valence-electron chi connectivity index (χ3n) is 2.77. The van der Waals surface area contributed by atoms with E-state index in [4.69, 9.17) is 4.74 Å². The molecule has 0 atom stereocenters. The van der Waals surface area contributed by atoms with Gasteiger partial charge in [0, 0.05) is 5.38 Å². The van der Waals surface area contributed by atoms with Crippen molar-refractivity contribution in [2.75, 3.05) is 12.0 Å². The number of nitrogens with one attached hydrogen (secondary N) is 2. The molecule has 5 nitrogen and oxygen atoms in total. The van der Waals surface area contributed by atoms with E-state index in [-0.39, 0.29) is 12.8 Å². The van der Waals surface area contributed by atoms with Crippen LogP contribution in [0.25, 0.3) is 0 Å². The molecule has 0 unspecified atom stereocenters. The molecule has 21 heavy (non-hydrogen) atoms. The second-order valence-electron chi connectivity index (χ2n) is 4.61. The molecule has 0 spiro atoms. The van der Waals surface area contributed by atoms with Gasteiger partial charge in [-0.3, -0.25) is 5.32 Å². The molecule has 0 bridgehead atoms. The van der Waals surface area contributed by atoms with Crippen LogP contribution in [0.5, 0.6) is 5.75 Å². The lowest BCUT2D eigenvalue weighted by molar-refractivity contribution is 0.234. The Labute approximate surface area is 128 Å². The topological polar surface area (TPSA) is 63.2 Å². The van der Waals surface area contributed by atoms with Crippen molar-refractivity contribution in [2.24, 2.45) is 0 Å². The fourth-order valence-corrected chi connectivity index (χ4v) is 2.46. The minimum atomic E-state index is -0.327. The van der Waals surface area contributed by atoms with E-state index in [0.717, 1.165) is 24.3 Å². The Morgan fingerprint density at radius 2 is 2.10 bits per heavy atom. The number of carbonyl (C=O) groups excluding carboxylic acids is 1. The number of amides is 2. The first-order valence-electron chi connectivity index (χ1n) is 6.86. The Balaban J connectivity index is 1.72. The zero-order valence-corrected chi connectivity index (χ0v) is 13.0. The number of carbonyl (C=O) groups is 1. The molecule has 6 heteroatoms. The van der Waals surface area contributed by atoms with Crippen molar-refractivity contribution in [2.45, 2.75) is 26.7 Å². The maximum Gasteiger partial charge on any atom is 0.323 e. The van der Waals surface area contributed by atoms with Crippen molar-refractivity contribution in [1.82, 2.24) is 10.3 Å². The van der Waals surface area contributed by atoms with Crippen LogP contribution < -0.4 is 15.4 Å². The highest BCUT2D eigenvalue weighted by atomic mass is 32.1. The molecule has 0 saturated heterocycles. The number of nitrogens with zero attached hydrogens (tertiary/aromatic N) is 1. The van der Waals surface area contributed by atoms with Crippen molar-refractivity contribution in [3.8, 4) is 5.75 Å². The van der Waals surface area contributed by atoms with Crippen molar-refractivity contribution in [3.63, 3.8) is 0 Å². The average molecular weight is 305 g/mol. The summed E-state index contributed by atoms with van der Waals surface area (Å²) in [6.45, 7) is 4.14. The predicted molar refractivity (Wildman–Crippen MR) is 84.9 cm³/mol. The van der Waals surface area contributed by atoms with Gasteiger partial charge in [0.25, 0.3) is 0 Å². The van der Waals surface area contributed by atoms with E-state index in [0.29, 0.717) is 5.13 Å². The molecular weight excluding hydrogens is 286 g/mol. The smallest absolute Gasteiger partial charge is 0.323 e. The second-order valence-corrected chi connectivity index (χ2v) is 5.47. The van der Waals surface area contributed by atoms with Gasteiger partial charge in [0.05, 0.1) is 5.69 Å². The Morgan fingerprint density at radius 3 is 2.71 bits per heavy atom. The Morgan fingerprint density at radius 1 is 1.33 bits per heavy atom. The summed E-state index contributed by atoms with van der Waals surface area (Å²) in [7, 11) is 0. The van der Waals surface area contributed by atoms with Crippen LogP contribution in [0, 0.1) is 6.92 Å². The summed E-state index contributed by atoms with van der Waals surface area (Å²) in [6.07, 6.45) is 2.19. The molecule has 0 fully saturated rings. The number of rotatable bonds is 6. The van der Waals surface area contributed by atoms with Gasteiger partial charge in [0.15, 0.2) is 11.9 Å². The number of anilines is 1. The standard InChI is InChI=1S/C15H19N3O2S/c1-3-4-12-5-7-13(8-6-12)20-10-16-14(19)18-15-17-11(2)9-21-15/h5-9H,3-4,10H2,1-2H3,(H2,16,17,18,19). The van der Waals surface area contributed by atoms with Gasteiger partial charge < -0.3 is 10.1 Å². The lowest BCUT2D eigenvalue weighted by atomic mass is 10.1. The van der Waals surface area contributed by atoms with E-state index in [1.165, 1.54) is 16.9 Å². The van der Waals surface area contributed by atoms with Crippen LogP contribution in [0.2, 0.25) is 0 Å². The number of urea groups is 1. The summed E-state index contributed by atoms with van der Waals surface area (Å²) in [4.78, 5) is 15.8. The number of thiazole rings is 1. The largest absolute Gasteiger partial charge is 0.473 e. The molecule has 0 saturated carbocycles. The van der Waals surface area contributed by atoms with Crippen molar-refractivity contribution >= 4 is 22.5 Å². The minimum Gasteiger partial charge on any atom is -0.473 e. The summed E-state index contributed by atoms with van der Waals surface area (Å²) in [5.41, 5.74) is 2.17. The van der Waals surface area contributed by atoms with Gasteiger partial charge in [-0.1, -0.05) is 25.5 Å². The van der Waals surface area contributed by atoms with Gasteiger partial charge in [0.1, 0.15) is 5.75 Å². The normalized spacial score (nSPS) is 10.2. The van der Waals surface area contributed by atoms with Crippen LogP contribution in [0.3, 0.4) is 0 Å². The zero-order chi connectivity index (χ0) is 15.1. The van der Waals surface area contributed by atoms with Gasteiger partial charge in [-0.25, -0.2) is 9.78 Å². The van der Waals surface area contributed by atoms with Crippen LogP contribution in [0.15, 0.2) is 29.6 Å². The van der Waals surface area contributed by atoms with E-state index in [2.05, 4.69) is 22.5 Å². The number of hydrogen-bond donors (Lipinski definition) is 2. The lowest BCUT2D eigenvalue weighted by Crippen LogP contribution is -2.31. The first kappa shape index (κ1) is 15.3. The van der Waals surface area contributed by atoms with E-state index < -0.39 is 0 Å². The molecule has 1 heterocycles. The zero-order valence-electron chi connectivity index (χ0n) is 12.2. The number of aromatic nitrogens is 1. The third kappa shape index (κ3) is 5.07. The van der Waals surface area contributed by atoms with Gasteiger partial charge in [0.2, 0.25) is 0 Å². The molecule has 2 rings (SSSR count). The van der Waals surface area contributed by atoms with Crippen LogP contribution >= 0.6 is 11.3 Å². The molecule has 2 amide bonds. The first-order chi connectivity index (χ1) is 10.2. The molecule has 1 aromatic heterocycles. The minimum absolute atomic E-state index is 0.114. The van der Waals surface area contributed by atoms with Gasteiger partial charge in [-0.05, 0) is 31.0 Å². The highest BCUT2D eigenvalue weighted by molar-refractivity contribution is 7.13. The molecule has 2 aromatic rings. The van der Waals surface area contributed by atoms with Crippen LogP contribution in [-0.2, 0) is 6.42 Å². The summed E-state index contributed by atoms with van der Waals surface area (Å²) in [5.74, 6) is 0.736. The fraction of sp³-hybridized carbons (Fsp3) is 0.333. The van der Waals surface area contributed by atoms with Crippen LogP contribution in [-0.4, -0.2) is 17.7 Å². The lowest BCUT2D eigenvalue weighted by Gasteiger charge is -2.08. The van der Waals surface area contributed by atoms with E-state index in [9.17, 15) is 4.79 Å². The Kier molecular flexibility index (Phi) is 5.57. The number of hydrogen-bond acceptors (Lipinski definition) is 4. The third-order valence-corrected chi connectivity index (χ3v) is 3.65. The highest BCUT2D eigenvalue weighted by Crippen LogP contribution is 2.14. The Hall–Kier alpha value is -2.08. The highest BCUT2D eigenvalue weighted by Gasteiger charge is 2.04. The van der Waals surface area contributed by atoms with Crippen molar-refractivity contribution < 1.29 is 9.53 Å². The maximum absolute atomic E-state index is 11.6. The maximum atomic E-state index is 11.6. The van der Waals surface area contributed by atoms with Gasteiger partial charge in [-0.2, -0.15) is 0 Å². The summed E-state index contributed by atoms with van der Waals surface area (Å²) in [6, 6.07) is 7.57. The molecular formula is C15H19N3O2S. The number of aryl methyl sites for hydroxylation is 2. The second kappa shape index (κ2) is 7.64. The predicted octanol–water partition coefficient (Wildman–Crippen LogP) is 3.56.